The van der Waals surface area contributed by atoms with Crippen molar-refractivity contribution in [1.82, 2.24) is 0 Å². The molecule has 36 heavy (non-hydrogen) atoms. The summed E-state index contributed by atoms with van der Waals surface area (Å²) in [4.78, 5) is 34.8. The van der Waals surface area contributed by atoms with E-state index in [0.717, 1.165) is 36.0 Å². The van der Waals surface area contributed by atoms with Gasteiger partial charge in [0, 0.05) is 25.7 Å². The summed E-state index contributed by atoms with van der Waals surface area (Å²) >= 11 is 6.47. The smallest absolute Gasteiger partial charge is 0.302 e. The molecular formula is C28H36ClNO6. The first-order valence-electron chi connectivity index (χ1n) is 12.2. The van der Waals surface area contributed by atoms with Gasteiger partial charge in [0.15, 0.2) is 0 Å². The summed E-state index contributed by atoms with van der Waals surface area (Å²) in [6.45, 7) is 5.21. The van der Waals surface area contributed by atoms with E-state index in [1.807, 2.05) is 42.5 Å². The van der Waals surface area contributed by atoms with Gasteiger partial charge in [-0.1, -0.05) is 61.7 Å². The summed E-state index contributed by atoms with van der Waals surface area (Å²) < 4.78 is 16.2. The normalized spacial score (nSPS) is 11.1. The van der Waals surface area contributed by atoms with Crippen LogP contribution in [0.1, 0.15) is 58.4 Å². The lowest BCUT2D eigenvalue weighted by atomic mass is 9.80. The monoisotopic (exact) mass is 517 g/mol. The Morgan fingerprint density at radius 2 is 1.61 bits per heavy atom. The highest BCUT2D eigenvalue weighted by Gasteiger charge is 2.35. The standard InChI is InChI=1S/C28H36ClNO6/c1-4-5-6-14-34-26-11-10-24(16-25(26)29)23-9-7-8-22(15-23)12-13-28(17-27(30)33,18-35-20(2)31)19-36-21(3)32/h7-11,15-16H,4-6,12-14,17-19H2,1-3H3,(H2,30,33). The zero-order chi connectivity index (χ0) is 26.6. The van der Waals surface area contributed by atoms with Gasteiger partial charge in [0.25, 0.3) is 0 Å². The number of amides is 1. The van der Waals surface area contributed by atoms with Gasteiger partial charge in [0.1, 0.15) is 19.0 Å². The van der Waals surface area contributed by atoms with Crippen LogP contribution in [0.2, 0.25) is 5.02 Å². The first-order chi connectivity index (χ1) is 17.1. The second-order valence-corrected chi connectivity index (χ2v) is 9.51. The number of unbranched alkanes of at least 4 members (excludes halogenated alkanes) is 2. The van der Waals surface area contributed by atoms with Crippen molar-refractivity contribution in [3.8, 4) is 16.9 Å². The second-order valence-electron chi connectivity index (χ2n) is 9.10. The molecule has 0 aromatic heterocycles. The van der Waals surface area contributed by atoms with Gasteiger partial charge >= 0.3 is 11.9 Å². The number of nitrogens with two attached hydrogens (primary N) is 1. The van der Waals surface area contributed by atoms with Gasteiger partial charge in [-0.05, 0) is 48.1 Å². The van der Waals surface area contributed by atoms with Crippen molar-refractivity contribution in [3.05, 3.63) is 53.1 Å². The maximum atomic E-state index is 11.8. The highest BCUT2D eigenvalue weighted by molar-refractivity contribution is 6.32. The van der Waals surface area contributed by atoms with Crippen LogP contribution in [-0.2, 0) is 30.3 Å². The van der Waals surface area contributed by atoms with Crippen LogP contribution in [0.3, 0.4) is 0 Å². The Kier molecular flexibility index (Phi) is 11.7. The SMILES string of the molecule is CCCCCOc1ccc(-c2cccc(CCC(COC(C)=O)(COC(C)=O)CC(N)=O)c2)cc1Cl. The van der Waals surface area contributed by atoms with E-state index in [1.165, 1.54) is 13.8 Å². The summed E-state index contributed by atoms with van der Waals surface area (Å²) in [6, 6.07) is 13.7. The molecule has 2 aromatic carbocycles. The number of halogens is 1. The fourth-order valence-electron chi connectivity index (χ4n) is 3.90. The minimum Gasteiger partial charge on any atom is -0.492 e. The number of carbonyl (C=O) groups excluding carboxylic acids is 3. The predicted octanol–water partition coefficient (Wildman–Crippen LogP) is 5.50. The van der Waals surface area contributed by atoms with Crippen LogP contribution in [0.4, 0.5) is 0 Å². The van der Waals surface area contributed by atoms with E-state index in [-0.39, 0.29) is 19.6 Å². The summed E-state index contributed by atoms with van der Waals surface area (Å²) in [5, 5.41) is 0.553. The van der Waals surface area contributed by atoms with Gasteiger partial charge in [-0.3, -0.25) is 14.4 Å². The molecule has 0 atom stereocenters. The minimum absolute atomic E-state index is 0.0758. The number of primary amides is 1. The quantitative estimate of drug-likeness (QED) is 0.247. The maximum absolute atomic E-state index is 11.8. The molecule has 0 saturated heterocycles. The number of benzene rings is 2. The molecule has 0 spiro atoms. The van der Waals surface area contributed by atoms with Crippen LogP contribution in [0.25, 0.3) is 11.1 Å². The number of aryl methyl sites for hydroxylation is 1. The molecule has 2 aromatic rings. The van der Waals surface area contributed by atoms with Crippen LogP contribution in [-0.4, -0.2) is 37.7 Å². The molecule has 0 saturated carbocycles. The van der Waals surface area contributed by atoms with E-state index in [4.69, 9.17) is 31.5 Å². The molecule has 0 heterocycles. The second kappa shape index (κ2) is 14.5. The van der Waals surface area contributed by atoms with Gasteiger partial charge < -0.3 is 19.9 Å². The Labute approximate surface area is 218 Å². The summed E-state index contributed by atoms with van der Waals surface area (Å²) in [7, 11) is 0. The molecular weight excluding hydrogens is 482 g/mol. The number of ether oxygens (including phenoxy) is 3. The molecule has 0 radical (unpaired) electrons. The molecule has 0 unspecified atom stereocenters. The molecule has 0 aliphatic carbocycles. The van der Waals surface area contributed by atoms with Crippen LogP contribution in [0.15, 0.2) is 42.5 Å². The third-order valence-corrected chi connectivity index (χ3v) is 6.15. The Bertz CT molecular complexity index is 1020. The van der Waals surface area contributed by atoms with Gasteiger partial charge in [-0.2, -0.15) is 0 Å². The lowest BCUT2D eigenvalue weighted by Crippen LogP contribution is -2.38. The first-order valence-corrected chi connectivity index (χ1v) is 12.6. The zero-order valence-corrected chi connectivity index (χ0v) is 22.1. The third-order valence-electron chi connectivity index (χ3n) is 5.85. The number of esters is 2. The van der Waals surface area contributed by atoms with Crippen LogP contribution >= 0.6 is 11.6 Å². The number of rotatable bonds is 15. The van der Waals surface area contributed by atoms with Crippen molar-refractivity contribution >= 4 is 29.4 Å². The molecule has 196 valence electrons. The Hall–Kier alpha value is -3.06. The van der Waals surface area contributed by atoms with Crippen molar-refractivity contribution in [2.24, 2.45) is 11.1 Å². The van der Waals surface area contributed by atoms with Gasteiger partial charge in [-0.25, -0.2) is 0 Å². The highest BCUT2D eigenvalue weighted by Crippen LogP contribution is 2.33. The van der Waals surface area contributed by atoms with Crippen molar-refractivity contribution in [2.75, 3.05) is 19.8 Å². The van der Waals surface area contributed by atoms with Gasteiger partial charge in [0.05, 0.1) is 11.6 Å². The lowest BCUT2D eigenvalue weighted by Gasteiger charge is -2.31. The topological polar surface area (TPSA) is 105 Å². The molecule has 0 aliphatic heterocycles. The van der Waals surface area contributed by atoms with Crippen LogP contribution < -0.4 is 10.5 Å². The predicted molar refractivity (Wildman–Crippen MR) is 140 cm³/mol. The lowest BCUT2D eigenvalue weighted by molar-refractivity contribution is -0.154. The maximum Gasteiger partial charge on any atom is 0.302 e. The Balaban J connectivity index is 2.18. The van der Waals surface area contributed by atoms with E-state index >= 15 is 0 Å². The molecule has 0 aliphatic rings. The van der Waals surface area contributed by atoms with Crippen molar-refractivity contribution < 1.29 is 28.6 Å². The molecule has 2 N–H and O–H groups in total. The van der Waals surface area contributed by atoms with E-state index in [1.54, 1.807) is 0 Å². The largest absolute Gasteiger partial charge is 0.492 e. The molecule has 1 amide bonds. The Morgan fingerprint density at radius 3 is 2.19 bits per heavy atom. The fourth-order valence-corrected chi connectivity index (χ4v) is 4.14. The Morgan fingerprint density at radius 1 is 0.944 bits per heavy atom. The molecule has 8 heteroatoms. The fraction of sp³-hybridized carbons (Fsp3) is 0.464. The van der Waals surface area contributed by atoms with Gasteiger partial charge in [0.2, 0.25) is 5.91 Å². The van der Waals surface area contributed by atoms with E-state index in [2.05, 4.69) is 6.92 Å². The highest BCUT2D eigenvalue weighted by atomic mass is 35.5. The summed E-state index contributed by atoms with van der Waals surface area (Å²) in [6.07, 6.45) is 4.13. The van der Waals surface area contributed by atoms with Crippen molar-refractivity contribution in [1.29, 1.82) is 0 Å². The van der Waals surface area contributed by atoms with E-state index < -0.39 is 23.3 Å². The van der Waals surface area contributed by atoms with E-state index in [9.17, 15) is 14.4 Å². The average Bonchev–Trinajstić information content (AvgIpc) is 2.83. The van der Waals surface area contributed by atoms with Crippen LogP contribution in [0, 0.1) is 5.41 Å². The molecule has 2 rings (SSSR count). The molecule has 0 bridgehead atoms. The molecule has 7 nitrogen and oxygen atoms in total. The first kappa shape index (κ1) is 29.2. The zero-order valence-electron chi connectivity index (χ0n) is 21.3. The summed E-state index contributed by atoms with van der Waals surface area (Å²) in [5.41, 5.74) is 7.50. The number of hydrogen-bond acceptors (Lipinski definition) is 6. The summed E-state index contributed by atoms with van der Waals surface area (Å²) in [5.74, 6) is -0.860. The average molecular weight is 518 g/mol. The number of carbonyl (C=O) groups is 3. The number of hydrogen-bond donors (Lipinski definition) is 1. The minimum atomic E-state index is -0.917. The van der Waals surface area contributed by atoms with Crippen molar-refractivity contribution in [3.63, 3.8) is 0 Å². The molecule has 0 fully saturated rings. The third kappa shape index (κ3) is 9.90. The van der Waals surface area contributed by atoms with Gasteiger partial charge in [-0.15, -0.1) is 0 Å². The van der Waals surface area contributed by atoms with E-state index in [0.29, 0.717) is 30.2 Å². The van der Waals surface area contributed by atoms with Crippen molar-refractivity contribution in [2.45, 2.75) is 59.3 Å². The van der Waals surface area contributed by atoms with Crippen LogP contribution in [0.5, 0.6) is 5.75 Å².